The van der Waals surface area contributed by atoms with Gasteiger partial charge in [-0.15, -0.1) is 11.3 Å². The lowest BCUT2D eigenvalue weighted by Crippen LogP contribution is -1.73. The van der Waals surface area contributed by atoms with Gasteiger partial charge in [-0.3, -0.25) is 0 Å². The second-order valence-electron chi connectivity index (χ2n) is 1.28. The van der Waals surface area contributed by atoms with Crippen molar-refractivity contribution < 1.29 is 5.11 Å². The Balaban J connectivity index is 2.93. The second-order valence-corrected chi connectivity index (χ2v) is 2.18. The van der Waals surface area contributed by atoms with Crippen LogP contribution in [-0.4, -0.2) is 10.1 Å². The topological polar surface area (TPSA) is 33.1 Å². The molecular formula is C5H5NOS. The Morgan fingerprint density at radius 3 is 2.88 bits per heavy atom. The van der Waals surface area contributed by atoms with Crippen LogP contribution >= 0.6 is 11.3 Å². The number of aliphatic hydroxyl groups excluding tert-OH is 1. The third kappa shape index (κ3) is 0.869. The molecule has 1 heterocycles. The third-order valence-electron chi connectivity index (χ3n) is 0.679. The molecule has 0 saturated carbocycles. The first-order chi connectivity index (χ1) is 3.80. The van der Waals surface area contributed by atoms with Crippen LogP contribution in [0, 0.1) is 0 Å². The van der Waals surface area contributed by atoms with E-state index in [0.717, 1.165) is 0 Å². The quantitative estimate of drug-likeness (QED) is 0.582. The molecule has 0 spiro atoms. The van der Waals surface area contributed by atoms with Gasteiger partial charge in [-0.1, -0.05) is 6.58 Å². The van der Waals surface area contributed by atoms with Gasteiger partial charge >= 0.3 is 0 Å². The van der Waals surface area contributed by atoms with Gasteiger partial charge in [0.1, 0.15) is 5.76 Å². The molecule has 1 aromatic rings. The maximum absolute atomic E-state index is 8.67. The average Bonchev–Trinajstić information content (AvgIpc) is 2.12. The van der Waals surface area contributed by atoms with Gasteiger partial charge in [0, 0.05) is 11.6 Å². The largest absolute Gasteiger partial charge is 0.505 e. The van der Waals surface area contributed by atoms with Crippen molar-refractivity contribution in [3.05, 3.63) is 23.2 Å². The molecule has 1 rings (SSSR count). The summed E-state index contributed by atoms with van der Waals surface area (Å²) in [6, 6.07) is 0. The number of hydrogen-bond donors (Lipinski definition) is 1. The van der Waals surface area contributed by atoms with Crippen LogP contribution in [0.1, 0.15) is 5.01 Å². The number of thiazole rings is 1. The molecule has 0 aliphatic carbocycles. The smallest absolute Gasteiger partial charge is 0.157 e. The van der Waals surface area contributed by atoms with Gasteiger partial charge < -0.3 is 5.11 Å². The van der Waals surface area contributed by atoms with Gasteiger partial charge in [-0.2, -0.15) is 0 Å². The standard InChI is InChI=1S/C5H5NOS/c1-4(7)5-6-2-3-8-5/h2-3,7H,1H2. The molecule has 1 aromatic heterocycles. The van der Waals surface area contributed by atoms with E-state index in [4.69, 9.17) is 5.11 Å². The number of rotatable bonds is 1. The van der Waals surface area contributed by atoms with Crippen LogP contribution in [-0.2, 0) is 0 Å². The lowest BCUT2D eigenvalue weighted by molar-refractivity contribution is 0.513. The van der Waals surface area contributed by atoms with Gasteiger partial charge in [0.2, 0.25) is 0 Å². The van der Waals surface area contributed by atoms with Crippen LogP contribution in [0.3, 0.4) is 0 Å². The molecule has 0 aliphatic rings. The number of aromatic nitrogens is 1. The van der Waals surface area contributed by atoms with Crippen molar-refractivity contribution >= 4 is 17.1 Å². The molecule has 0 bridgehead atoms. The predicted octanol–water partition coefficient (Wildman–Crippen LogP) is 1.67. The molecule has 8 heavy (non-hydrogen) atoms. The molecule has 0 radical (unpaired) electrons. The molecule has 0 atom stereocenters. The van der Waals surface area contributed by atoms with E-state index >= 15 is 0 Å². The molecular weight excluding hydrogens is 122 g/mol. The number of nitrogens with zero attached hydrogens (tertiary/aromatic N) is 1. The summed E-state index contributed by atoms with van der Waals surface area (Å²) in [5.41, 5.74) is 0. The highest BCUT2D eigenvalue weighted by atomic mass is 32.1. The fourth-order valence-corrected chi connectivity index (χ4v) is 0.874. The molecule has 0 unspecified atom stereocenters. The van der Waals surface area contributed by atoms with Crippen LogP contribution in [0.4, 0.5) is 0 Å². The van der Waals surface area contributed by atoms with Crippen molar-refractivity contribution in [3.8, 4) is 0 Å². The molecule has 0 amide bonds. The minimum atomic E-state index is 0.0417. The lowest BCUT2D eigenvalue weighted by Gasteiger charge is -1.84. The van der Waals surface area contributed by atoms with Crippen LogP contribution < -0.4 is 0 Å². The summed E-state index contributed by atoms with van der Waals surface area (Å²) >= 11 is 1.37. The molecule has 42 valence electrons. The second kappa shape index (κ2) is 1.96. The van der Waals surface area contributed by atoms with Gasteiger partial charge in [0.05, 0.1) is 0 Å². The van der Waals surface area contributed by atoms with Crippen molar-refractivity contribution in [1.29, 1.82) is 0 Å². The van der Waals surface area contributed by atoms with Crippen molar-refractivity contribution in [2.45, 2.75) is 0 Å². The van der Waals surface area contributed by atoms with E-state index in [0.29, 0.717) is 5.01 Å². The van der Waals surface area contributed by atoms with Crippen molar-refractivity contribution in [2.75, 3.05) is 0 Å². The van der Waals surface area contributed by atoms with E-state index in [1.165, 1.54) is 11.3 Å². The van der Waals surface area contributed by atoms with Gasteiger partial charge in [0.15, 0.2) is 5.01 Å². The summed E-state index contributed by atoms with van der Waals surface area (Å²) in [6.07, 6.45) is 1.63. The van der Waals surface area contributed by atoms with E-state index in [9.17, 15) is 0 Å². The SMILES string of the molecule is C=C(O)c1nccs1. The zero-order chi connectivity index (χ0) is 5.98. The summed E-state index contributed by atoms with van der Waals surface area (Å²) in [6.45, 7) is 3.30. The van der Waals surface area contributed by atoms with Crippen molar-refractivity contribution in [1.82, 2.24) is 4.98 Å². The molecule has 2 nitrogen and oxygen atoms in total. The van der Waals surface area contributed by atoms with Crippen LogP contribution in [0.5, 0.6) is 0 Å². The van der Waals surface area contributed by atoms with Crippen molar-refractivity contribution in [2.24, 2.45) is 0 Å². The van der Waals surface area contributed by atoms with E-state index in [1.54, 1.807) is 11.6 Å². The van der Waals surface area contributed by atoms with Crippen molar-refractivity contribution in [3.63, 3.8) is 0 Å². The first-order valence-electron chi connectivity index (χ1n) is 2.08. The molecule has 1 N–H and O–H groups in total. The summed E-state index contributed by atoms with van der Waals surface area (Å²) in [5.74, 6) is 0.0417. The normalized spacial score (nSPS) is 9.00. The summed E-state index contributed by atoms with van der Waals surface area (Å²) in [5, 5.41) is 11.0. The molecule has 0 aliphatic heterocycles. The summed E-state index contributed by atoms with van der Waals surface area (Å²) < 4.78 is 0. The van der Waals surface area contributed by atoms with Crippen LogP contribution in [0.25, 0.3) is 5.76 Å². The number of hydrogen-bond acceptors (Lipinski definition) is 3. The Kier molecular flexibility index (Phi) is 1.30. The molecule has 0 aromatic carbocycles. The maximum atomic E-state index is 8.67. The number of aliphatic hydroxyl groups is 1. The van der Waals surface area contributed by atoms with E-state index in [2.05, 4.69) is 11.6 Å². The predicted molar refractivity (Wildman–Crippen MR) is 33.8 cm³/mol. The van der Waals surface area contributed by atoms with E-state index in [-0.39, 0.29) is 5.76 Å². The molecule has 3 heteroatoms. The maximum Gasteiger partial charge on any atom is 0.157 e. The fraction of sp³-hybridized carbons (Fsp3) is 0. The van der Waals surface area contributed by atoms with Gasteiger partial charge in [-0.25, -0.2) is 4.98 Å². The Morgan fingerprint density at radius 1 is 1.88 bits per heavy atom. The minimum Gasteiger partial charge on any atom is -0.505 e. The molecule has 0 saturated heterocycles. The summed E-state index contributed by atoms with van der Waals surface area (Å²) in [7, 11) is 0. The highest BCUT2D eigenvalue weighted by molar-refractivity contribution is 7.10. The highest BCUT2D eigenvalue weighted by Gasteiger charge is 1.94. The monoisotopic (exact) mass is 127 g/mol. The highest BCUT2D eigenvalue weighted by Crippen LogP contribution is 2.10. The fourth-order valence-electron chi connectivity index (χ4n) is 0.366. The Morgan fingerprint density at radius 2 is 2.62 bits per heavy atom. The van der Waals surface area contributed by atoms with E-state index < -0.39 is 0 Å². The summed E-state index contributed by atoms with van der Waals surface area (Å²) in [4.78, 5) is 3.78. The lowest BCUT2D eigenvalue weighted by atomic mass is 10.6. The molecule has 0 fully saturated rings. The van der Waals surface area contributed by atoms with Crippen LogP contribution in [0.2, 0.25) is 0 Å². The minimum absolute atomic E-state index is 0.0417. The zero-order valence-electron chi connectivity index (χ0n) is 4.16. The third-order valence-corrected chi connectivity index (χ3v) is 1.50. The first-order valence-corrected chi connectivity index (χ1v) is 2.96. The van der Waals surface area contributed by atoms with Gasteiger partial charge in [-0.05, 0) is 0 Å². The first kappa shape index (κ1) is 5.31. The Labute approximate surface area is 51.1 Å². The zero-order valence-corrected chi connectivity index (χ0v) is 4.98. The van der Waals surface area contributed by atoms with E-state index in [1.807, 2.05) is 0 Å². The Hall–Kier alpha value is -0.830. The van der Waals surface area contributed by atoms with Gasteiger partial charge in [0.25, 0.3) is 0 Å². The van der Waals surface area contributed by atoms with Crippen LogP contribution in [0.15, 0.2) is 18.2 Å². The Bertz CT molecular complexity index is 180. The average molecular weight is 127 g/mol.